The molecular formula is C10H20N4S2. The summed E-state index contributed by atoms with van der Waals surface area (Å²) < 4.78 is 0.977. The van der Waals surface area contributed by atoms with Crippen LogP contribution < -0.4 is 5.73 Å². The molecule has 1 heterocycles. The molecule has 0 spiro atoms. The number of nitrogen functional groups attached to an aromatic ring is 1. The van der Waals surface area contributed by atoms with Gasteiger partial charge in [-0.25, -0.2) is 0 Å². The van der Waals surface area contributed by atoms with Crippen LogP contribution in [0.2, 0.25) is 0 Å². The Labute approximate surface area is 106 Å². The maximum atomic E-state index is 5.53. The van der Waals surface area contributed by atoms with Crippen LogP contribution >= 0.6 is 23.1 Å². The molecule has 0 bridgehead atoms. The van der Waals surface area contributed by atoms with Crippen LogP contribution in [0, 0.1) is 0 Å². The zero-order chi connectivity index (χ0) is 11.8. The second-order valence-corrected chi connectivity index (χ2v) is 5.95. The van der Waals surface area contributed by atoms with Crippen molar-refractivity contribution in [1.82, 2.24) is 15.1 Å². The number of anilines is 1. The Kier molecular flexibility index (Phi) is 6.75. The predicted molar refractivity (Wildman–Crippen MR) is 72.1 cm³/mol. The summed E-state index contributed by atoms with van der Waals surface area (Å²) in [5.74, 6) is 1.06. The van der Waals surface area contributed by atoms with Gasteiger partial charge >= 0.3 is 0 Å². The summed E-state index contributed by atoms with van der Waals surface area (Å²) in [4.78, 5) is 2.50. The minimum absolute atomic E-state index is 0.557. The molecule has 0 fully saturated rings. The highest BCUT2D eigenvalue weighted by Gasteiger charge is 2.05. The average molecular weight is 260 g/mol. The molecule has 0 aliphatic rings. The van der Waals surface area contributed by atoms with Crippen molar-refractivity contribution in [3.63, 3.8) is 0 Å². The lowest BCUT2D eigenvalue weighted by atomic mass is 10.3. The summed E-state index contributed by atoms with van der Waals surface area (Å²) in [5, 5.41) is 8.35. The fourth-order valence-corrected chi connectivity index (χ4v) is 3.22. The van der Waals surface area contributed by atoms with Crippen LogP contribution in [0.25, 0.3) is 0 Å². The lowest BCUT2D eigenvalue weighted by Gasteiger charge is -2.19. The summed E-state index contributed by atoms with van der Waals surface area (Å²) in [6, 6.07) is 0. The van der Waals surface area contributed by atoms with E-state index in [0.29, 0.717) is 5.13 Å². The summed E-state index contributed by atoms with van der Waals surface area (Å²) >= 11 is 3.21. The lowest BCUT2D eigenvalue weighted by Crippen LogP contribution is -2.27. The van der Waals surface area contributed by atoms with Crippen molar-refractivity contribution >= 4 is 28.2 Å². The molecule has 1 rings (SSSR count). The molecule has 0 aliphatic heterocycles. The summed E-state index contributed by atoms with van der Waals surface area (Å²) in [6.07, 6.45) is 2.44. The van der Waals surface area contributed by atoms with Gasteiger partial charge in [0.2, 0.25) is 5.13 Å². The normalized spacial score (nSPS) is 11.2. The number of hydrogen-bond donors (Lipinski definition) is 1. The smallest absolute Gasteiger partial charge is 0.203 e. The Hall–Kier alpha value is -0.330. The second kappa shape index (κ2) is 7.86. The maximum Gasteiger partial charge on any atom is 0.203 e. The lowest BCUT2D eigenvalue weighted by molar-refractivity contribution is 0.292. The molecule has 0 amide bonds. The van der Waals surface area contributed by atoms with Gasteiger partial charge in [0.15, 0.2) is 4.34 Å². The van der Waals surface area contributed by atoms with Crippen molar-refractivity contribution < 1.29 is 0 Å². The van der Waals surface area contributed by atoms with Gasteiger partial charge in [-0.2, -0.15) is 0 Å². The van der Waals surface area contributed by atoms with Crippen molar-refractivity contribution in [3.05, 3.63) is 0 Å². The molecule has 0 radical (unpaired) electrons. The average Bonchev–Trinajstić information content (AvgIpc) is 2.65. The highest BCUT2D eigenvalue weighted by molar-refractivity contribution is 8.01. The molecule has 0 unspecified atom stereocenters. The fraction of sp³-hybridized carbons (Fsp3) is 0.800. The van der Waals surface area contributed by atoms with Crippen LogP contribution in [-0.4, -0.2) is 40.5 Å². The zero-order valence-corrected chi connectivity index (χ0v) is 11.6. The first-order chi connectivity index (χ1) is 7.76. The topological polar surface area (TPSA) is 55.0 Å². The van der Waals surface area contributed by atoms with E-state index >= 15 is 0 Å². The number of aromatic nitrogens is 2. The number of nitrogens with zero attached hydrogens (tertiary/aromatic N) is 3. The van der Waals surface area contributed by atoms with E-state index in [1.807, 2.05) is 0 Å². The number of nitrogens with two attached hydrogens (primary N) is 1. The van der Waals surface area contributed by atoms with E-state index < -0.39 is 0 Å². The van der Waals surface area contributed by atoms with Gasteiger partial charge in [0, 0.05) is 12.3 Å². The number of thioether (sulfide) groups is 1. The highest BCUT2D eigenvalue weighted by Crippen LogP contribution is 2.23. The minimum atomic E-state index is 0.557. The third-order valence-electron chi connectivity index (χ3n) is 2.13. The summed E-state index contributed by atoms with van der Waals surface area (Å²) in [5.41, 5.74) is 5.53. The van der Waals surface area contributed by atoms with Crippen molar-refractivity contribution in [2.24, 2.45) is 0 Å². The Morgan fingerprint density at radius 1 is 1.19 bits per heavy atom. The molecule has 16 heavy (non-hydrogen) atoms. The fourth-order valence-electron chi connectivity index (χ4n) is 1.51. The SMILES string of the molecule is CCCN(CCC)CCSc1nnc(N)s1. The zero-order valence-electron chi connectivity index (χ0n) is 9.98. The molecule has 2 N–H and O–H groups in total. The van der Waals surface area contributed by atoms with E-state index in [1.165, 1.54) is 37.3 Å². The van der Waals surface area contributed by atoms with Gasteiger partial charge in [-0.15, -0.1) is 10.2 Å². The first-order valence-electron chi connectivity index (χ1n) is 5.70. The van der Waals surface area contributed by atoms with Crippen LogP contribution in [0.4, 0.5) is 5.13 Å². The maximum absolute atomic E-state index is 5.53. The largest absolute Gasteiger partial charge is 0.374 e. The molecule has 0 saturated heterocycles. The third kappa shape index (κ3) is 5.14. The van der Waals surface area contributed by atoms with Crippen molar-refractivity contribution in [1.29, 1.82) is 0 Å². The van der Waals surface area contributed by atoms with Crippen molar-refractivity contribution in [2.75, 3.05) is 31.1 Å². The number of rotatable bonds is 8. The molecule has 4 nitrogen and oxygen atoms in total. The third-order valence-corrected chi connectivity index (χ3v) is 4.00. The van der Waals surface area contributed by atoms with Gasteiger partial charge in [0.25, 0.3) is 0 Å². The van der Waals surface area contributed by atoms with Gasteiger partial charge < -0.3 is 10.6 Å². The van der Waals surface area contributed by atoms with Crippen molar-refractivity contribution in [3.8, 4) is 0 Å². The summed E-state index contributed by atoms with van der Waals surface area (Å²) in [6.45, 7) is 7.94. The standard InChI is InChI=1S/C10H20N4S2/c1-3-5-14(6-4-2)7-8-15-10-13-12-9(11)16-10/h3-8H2,1-2H3,(H2,11,12). The molecule has 0 aliphatic carbocycles. The van der Waals surface area contributed by atoms with Crippen LogP contribution in [-0.2, 0) is 0 Å². The molecular weight excluding hydrogens is 240 g/mol. The highest BCUT2D eigenvalue weighted by atomic mass is 32.2. The van der Waals surface area contributed by atoms with E-state index in [9.17, 15) is 0 Å². The molecule has 0 aromatic carbocycles. The van der Waals surface area contributed by atoms with E-state index in [0.717, 1.165) is 16.6 Å². The van der Waals surface area contributed by atoms with E-state index in [4.69, 9.17) is 5.73 Å². The molecule has 1 aromatic rings. The Balaban J connectivity index is 2.21. The number of hydrogen-bond acceptors (Lipinski definition) is 6. The minimum Gasteiger partial charge on any atom is -0.374 e. The molecule has 92 valence electrons. The van der Waals surface area contributed by atoms with Crippen LogP contribution in [0.5, 0.6) is 0 Å². The van der Waals surface area contributed by atoms with E-state index in [1.54, 1.807) is 11.8 Å². The first kappa shape index (κ1) is 13.7. The predicted octanol–water partition coefficient (Wildman–Crippen LogP) is 2.33. The van der Waals surface area contributed by atoms with Crippen molar-refractivity contribution in [2.45, 2.75) is 31.0 Å². The monoisotopic (exact) mass is 260 g/mol. The molecule has 1 aromatic heterocycles. The van der Waals surface area contributed by atoms with Crippen LogP contribution in [0.3, 0.4) is 0 Å². The Bertz CT molecular complexity index is 284. The second-order valence-electron chi connectivity index (χ2n) is 3.60. The van der Waals surface area contributed by atoms with E-state index in [2.05, 4.69) is 28.9 Å². The van der Waals surface area contributed by atoms with Crippen LogP contribution in [0.1, 0.15) is 26.7 Å². The summed E-state index contributed by atoms with van der Waals surface area (Å²) in [7, 11) is 0. The molecule has 0 saturated carbocycles. The quantitative estimate of drug-likeness (QED) is 0.727. The van der Waals surface area contributed by atoms with Crippen LogP contribution in [0.15, 0.2) is 4.34 Å². The van der Waals surface area contributed by atoms with Gasteiger partial charge in [-0.1, -0.05) is 36.9 Å². The first-order valence-corrected chi connectivity index (χ1v) is 7.50. The molecule has 0 atom stereocenters. The van der Waals surface area contributed by atoms with Gasteiger partial charge in [0.1, 0.15) is 0 Å². The molecule has 6 heteroatoms. The van der Waals surface area contributed by atoms with Gasteiger partial charge in [-0.3, -0.25) is 0 Å². The Morgan fingerprint density at radius 2 is 1.88 bits per heavy atom. The Morgan fingerprint density at radius 3 is 2.38 bits per heavy atom. The van der Waals surface area contributed by atoms with Gasteiger partial charge in [0.05, 0.1) is 0 Å². The van der Waals surface area contributed by atoms with Gasteiger partial charge in [-0.05, 0) is 25.9 Å². The van der Waals surface area contributed by atoms with E-state index in [-0.39, 0.29) is 0 Å².